The van der Waals surface area contributed by atoms with Crippen LogP contribution in [0.25, 0.3) is 10.8 Å². The molecule has 4 rings (SSSR count). The van der Waals surface area contributed by atoms with Crippen molar-refractivity contribution in [2.75, 3.05) is 0 Å². The van der Waals surface area contributed by atoms with Gasteiger partial charge in [0.25, 0.3) is 0 Å². The normalized spacial score (nSPS) is 10.3. The highest BCUT2D eigenvalue weighted by atomic mass is 19.2. The van der Waals surface area contributed by atoms with E-state index in [1.54, 1.807) is 0 Å². The number of benzene rings is 4. The van der Waals surface area contributed by atoms with E-state index in [0.29, 0.717) is 5.56 Å². The van der Waals surface area contributed by atoms with Crippen molar-refractivity contribution in [3.8, 4) is 23.7 Å². The quantitative estimate of drug-likeness (QED) is 0.126. The number of hydrogen-bond donors (Lipinski definition) is 0. The van der Waals surface area contributed by atoms with E-state index in [2.05, 4.69) is 30.3 Å². The molecule has 0 saturated carbocycles. The first-order chi connectivity index (χ1) is 16.9. The summed E-state index contributed by atoms with van der Waals surface area (Å²) in [6.45, 7) is 3.69. The van der Waals surface area contributed by atoms with Crippen molar-refractivity contribution < 1.29 is 22.0 Å². The molecule has 0 radical (unpaired) electrons. The first kappa shape index (κ1) is 23.8. The number of halogens is 5. The molecule has 4 aromatic carbocycles. The zero-order valence-electron chi connectivity index (χ0n) is 18.4. The lowest BCUT2D eigenvalue weighted by Gasteiger charge is -2.03. The Balaban J connectivity index is 1.57. The summed E-state index contributed by atoms with van der Waals surface area (Å²) < 4.78 is 69.9. The number of aryl methyl sites for hydroxylation is 1. The number of hydrogen-bond acceptors (Lipinski definition) is 0. The van der Waals surface area contributed by atoms with Gasteiger partial charge in [-0.3, -0.25) is 0 Å². The molecule has 0 amide bonds. The lowest BCUT2D eigenvalue weighted by atomic mass is 10.0. The van der Waals surface area contributed by atoms with E-state index in [4.69, 9.17) is 0 Å². The lowest BCUT2D eigenvalue weighted by Crippen LogP contribution is -1.93. The van der Waals surface area contributed by atoms with Gasteiger partial charge in [-0.1, -0.05) is 48.0 Å². The summed E-state index contributed by atoms with van der Waals surface area (Å²) in [5.74, 6) is 4.62. The maximum Gasteiger partial charge on any atom is 0.195 e. The highest BCUT2D eigenvalue weighted by Gasteiger charge is 2.13. The molecule has 0 spiro atoms. The van der Waals surface area contributed by atoms with Crippen molar-refractivity contribution in [1.82, 2.24) is 0 Å². The summed E-state index contributed by atoms with van der Waals surface area (Å²) in [5, 5.41) is -0.0466. The highest BCUT2D eigenvalue weighted by Crippen LogP contribution is 2.24. The van der Waals surface area contributed by atoms with Gasteiger partial charge in [-0.25, -0.2) is 22.0 Å². The number of allylic oxidation sites excluding steroid dienone is 1. The van der Waals surface area contributed by atoms with Gasteiger partial charge in [-0.2, -0.15) is 0 Å². The predicted molar refractivity (Wildman–Crippen MR) is 127 cm³/mol. The lowest BCUT2D eigenvalue weighted by molar-refractivity contribution is 0.453. The largest absolute Gasteiger partial charge is 0.205 e. The van der Waals surface area contributed by atoms with Gasteiger partial charge < -0.3 is 0 Å². The minimum atomic E-state index is -1.57. The summed E-state index contributed by atoms with van der Waals surface area (Å²) >= 11 is 0. The Hall–Kier alpha value is -4.35. The van der Waals surface area contributed by atoms with Crippen molar-refractivity contribution in [2.24, 2.45) is 0 Å². The Morgan fingerprint density at radius 3 is 1.94 bits per heavy atom. The summed E-state index contributed by atoms with van der Waals surface area (Å²) in [6, 6.07) is 14.5. The molecule has 0 unspecified atom stereocenters. The van der Waals surface area contributed by atoms with Crippen LogP contribution in [-0.2, 0) is 6.42 Å². The molecule has 0 aromatic heterocycles. The summed E-state index contributed by atoms with van der Waals surface area (Å²) in [4.78, 5) is 0. The van der Waals surface area contributed by atoms with Gasteiger partial charge in [0, 0.05) is 22.1 Å². The van der Waals surface area contributed by atoms with E-state index in [9.17, 15) is 22.0 Å². The molecular weight excluding hydrogens is 455 g/mol. The van der Waals surface area contributed by atoms with Crippen LogP contribution in [0, 0.1) is 52.8 Å². The van der Waals surface area contributed by atoms with Gasteiger partial charge >= 0.3 is 0 Å². The third-order valence-electron chi connectivity index (χ3n) is 5.29. The molecule has 0 N–H and O–H groups in total. The van der Waals surface area contributed by atoms with Crippen LogP contribution in [0.1, 0.15) is 34.2 Å². The fraction of sp³-hybridized carbons (Fsp3) is 0.0667. The van der Waals surface area contributed by atoms with Gasteiger partial charge in [0.2, 0.25) is 0 Å². The van der Waals surface area contributed by atoms with Crippen molar-refractivity contribution in [2.45, 2.75) is 12.8 Å². The van der Waals surface area contributed by atoms with Crippen molar-refractivity contribution in [1.29, 1.82) is 0 Å². The second kappa shape index (κ2) is 10.3. The molecular formula is C30H17F5. The number of fused-ring (bicyclic) bond motifs is 1. The third kappa shape index (κ3) is 5.42. The zero-order chi connectivity index (χ0) is 24.9. The minimum absolute atomic E-state index is 0.0773. The Kier molecular flexibility index (Phi) is 6.99. The average Bonchev–Trinajstić information content (AvgIpc) is 2.85. The SMILES string of the molecule is C=CCCc1ccc(C#Cc2cc(F)c(C#Cc3ccc4c(F)c(F)c(F)cc4c3)c(F)c2)cc1. The van der Waals surface area contributed by atoms with Gasteiger partial charge in [0.1, 0.15) is 11.6 Å². The van der Waals surface area contributed by atoms with Crippen LogP contribution >= 0.6 is 0 Å². The molecule has 0 nitrogen and oxygen atoms in total. The van der Waals surface area contributed by atoms with Gasteiger partial charge in [-0.05, 0) is 66.3 Å². The molecule has 4 aromatic rings. The Labute approximate surface area is 199 Å². The molecule has 5 heteroatoms. The van der Waals surface area contributed by atoms with Crippen LogP contribution in [-0.4, -0.2) is 0 Å². The van der Waals surface area contributed by atoms with Crippen LogP contribution in [0.15, 0.2) is 73.3 Å². The molecule has 0 aliphatic rings. The van der Waals surface area contributed by atoms with Gasteiger partial charge in [0.15, 0.2) is 17.5 Å². The van der Waals surface area contributed by atoms with E-state index in [1.807, 2.05) is 30.3 Å². The molecule has 0 fully saturated rings. The van der Waals surface area contributed by atoms with E-state index < -0.39 is 34.6 Å². The Bertz CT molecular complexity index is 1540. The van der Waals surface area contributed by atoms with Crippen LogP contribution in [0.5, 0.6) is 0 Å². The maximum atomic E-state index is 14.6. The van der Waals surface area contributed by atoms with Crippen LogP contribution in [0.3, 0.4) is 0 Å². The maximum absolute atomic E-state index is 14.6. The first-order valence-electron chi connectivity index (χ1n) is 10.7. The Morgan fingerprint density at radius 2 is 1.26 bits per heavy atom. The molecule has 0 atom stereocenters. The van der Waals surface area contributed by atoms with Crippen molar-refractivity contribution in [3.05, 3.63) is 130 Å². The second-order valence-corrected chi connectivity index (χ2v) is 7.76. The van der Waals surface area contributed by atoms with E-state index in [1.165, 1.54) is 18.2 Å². The average molecular weight is 472 g/mol. The van der Waals surface area contributed by atoms with Gasteiger partial charge in [-0.15, -0.1) is 6.58 Å². The Morgan fingerprint density at radius 1 is 0.629 bits per heavy atom. The van der Waals surface area contributed by atoms with E-state index in [-0.39, 0.29) is 21.9 Å². The smallest absolute Gasteiger partial charge is 0.195 e. The van der Waals surface area contributed by atoms with Crippen LogP contribution in [0.4, 0.5) is 22.0 Å². The molecule has 35 heavy (non-hydrogen) atoms. The second-order valence-electron chi connectivity index (χ2n) is 7.76. The molecule has 0 aliphatic carbocycles. The minimum Gasteiger partial charge on any atom is -0.205 e. The molecule has 172 valence electrons. The monoisotopic (exact) mass is 472 g/mol. The van der Waals surface area contributed by atoms with E-state index >= 15 is 0 Å². The number of rotatable bonds is 3. The summed E-state index contributed by atoms with van der Waals surface area (Å²) in [5.41, 5.74) is 1.80. The molecule has 0 bridgehead atoms. The first-order valence-corrected chi connectivity index (χ1v) is 10.7. The third-order valence-corrected chi connectivity index (χ3v) is 5.29. The zero-order valence-corrected chi connectivity index (χ0v) is 18.4. The van der Waals surface area contributed by atoms with E-state index in [0.717, 1.165) is 36.6 Å². The molecule has 0 heterocycles. The van der Waals surface area contributed by atoms with Crippen molar-refractivity contribution >= 4 is 10.8 Å². The summed E-state index contributed by atoms with van der Waals surface area (Å²) in [6.07, 6.45) is 3.59. The standard InChI is InChI=1S/C30H17F5/c1-2-3-4-19-5-7-20(8-6-19)9-10-22-16-26(31)25(27(32)17-22)14-12-21-11-13-24-23(15-21)18-28(33)30(35)29(24)34/h2,5-8,11,13,15-18H,1,3-4H2. The van der Waals surface area contributed by atoms with Gasteiger partial charge in [0.05, 0.1) is 5.56 Å². The topological polar surface area (TPSA) is 0 Å². The summed E-state index contributed by atoms with van der Waals surface area (Å²) in [7, 11) is 0. The van der Waals surface area contributed by atoms with Crippen molar-refractivity contribution in [3.63, 3.8) is 0 Å². The molecule has 0 saturated heterocycles. The fourth-order valence-corrected chi connectivity index (χ4v) is 3.45. The predicted octanol–water partition coefficient (Wildman–Crippen LogP) is 7.45. The fourth-order valence-electron chi connectivity index (χ4n) is 3.45. The van der Waals surface area contributed by atoms with Crippen LogP contribution < -0.4 is 0 Å². The highest BCUT2D eigenvalue weighted by molar-refractivity contribution is 5.84. The van der Waals surface area contributed by atoms with Crippen LogP contribution in [0.2, 0.25) is 0 Å². The molecule has 0 aliphatic heterocycles.